The Morgan fingerprint density at radius 1 is 0.953 bits per heavy atom. The molecule has 0 spiro atoms. The third-order valence-corrected chi connectivity index (χ3v) is 7.58. The molecule has 0 aliphatic carbocycles. The average molecular weight is 575 g/mol. The standard InChI is InChI=1S/C33H27FN6O3/c34-26-19-39(33(41)42-20-22-5-2-1-3-6-22)13-12-29(26)43-30-8-4-7-23-9-10-27(38-32(23)30)28-18-37-31-15-24(11-14-40(28)31)25-16-35-21-36-17-25/h1-11,14-18,21,26,29H,12-13,19-20H2/t26-,29-/m1/s1. The number of ether oxygens (including phenoxy) is 2. The van der Waals surface area contributed by atoms with Crippen molar-refractivity contribution < 1.29 is 18.7 Å². The number of pyridine rings is 2. The number of carbonyl (C=O) groups is 1. The van der Waals surface area contributed by atoms with E-state index in [9.17, 15) is 4.79 Å². The molecule has 0 N–H and O–H groups in total. The molecule has 4 aromatic heterocycles. The monoisotopic (exact) mass is 574 g/mol. The fourth-order valence-corrected chi connectivity index (χ4v) is 5.31. The van der Waals surface area contributed by atoms with E-state index in [2.05, 4.69) is 15.0 Å². The molecule has 214 valence electrons. The first-order valence-corrected chi connectivity index (χ1v) is 14.0. The lowest BCUT2D eigenvalue weighted by atomic mass is 10.1. The topological polar surface area (TPSA) is 94.7 Å². The first-order chi connectivity index (χ1) is 21.1. The van der Waals surface area contributed by atoms with Gasteiger partial charge in [-0.2, -0.15) is 0 Å². The Bertz CT molecular complexity index is 1900. The van der Waals surface area contributed by atoms with Crippen LogP contribution < -0.4 is 4.74 Å². The van der Waals surface area contributed by atoms with E-state index in [0.717, 1.165) is 33.4 Å². The summed E-state index contributed by atoms with van der Waals surface area (Å²) in [5.74, 6) is 0.493. The molecule has 1 saturated heterocycles. The maximum Gasteiger partial charge on any atom is 0.410 e. The molecule has 1 aliphatic rings. The fraction of sp³-hybridized carbons (Fsp3) is 0.182. The van der Waals surface area contributed by atoms with Crippen molar-refractivity contribution in [3.8, 4) is 28.3 Å². The molecule has 1 aliphatic heterocycles. The van der Waals surface area contributed by atoms with Crippen molar-refractivity contribution in [2.24, 2.45) is 0 Å². The van der Waals surface area contributed by atoms with Crippen LogP contribution >= 0.6 is 0 Å². The molecule has 2 atom stereocenters. The summed E-state index contributed by atoms with van der Waals surface area (Å²) in [6, 6.07) is 22.9. The van der Waals surface area contributed by atoms with Crippen molar-refractivity contribution in [2.75, 3.05) is 13.1 Å². The number of halogens is 1. The average Bonchev–Trinajstić information content (AvgIpc) is 3.49. The Labute approximate surface area is 246 Å². The van der Waals surface area contributed by atoms with Gasteiger partial charge in [-0.1, -0.05) is 48.5 Å². The van der Waals surface area contributed by atoms with Gasteiger partial charge >= 0.3 is 6.09 Å². The summed E-state index contributed by atoms with van der Waals surface area (Å²) < 4.78 is 28.9. The largest absolute Gasteiger partial charge is 0.485 e. The third kappa shape index (κ3) is 5.46. The van der Waals surface area contributed by atoms with Crippen molar-refractivity contribution in [1.29, 1.82) is 0 Å². The number of benzene rings is 2. The van der Waals surface area contributed by atoms with Gasteiger partial charge in [0.2, 0.25) is 0 Å². The summed E-state index contributed by atoms with van der Waals surface area (Å²) in [6.45, 7) is 0.383. The van der Waals surface area contributed by atoms with Crippen molar-refractivity contribution in [1.82, 2.24) is 29.2 Å². The SMILES string of the molecule is O=C(OCc1ccccc1)N1CC[C@@H](Oc2cccc3ccc(-c4cnc5cc(-c6cncnc6)ccn45)nc23)[C@H](F)C1. The van der Waals surface area contributed by atoms with Crippen LogP contribution in [0.4, 0.5) is 9.18 Å². The minimum absolute atomic E-state index is 0.0966. The summed E-state index contributed by atoms with van der Waals surface area (Å²) in [6.07, 6.45) is 6.46. The van der Waals surface area contributed by atoms with E-state index >= 15 is 4.39 Å². The van der Waals surface area contributed by atoms with E-state index in [4.69, 9.17) is 14.5 Å². The number of imidazole rings is 1. The second-order valence-electron chi connectivity index (χ2n) is 10.4. The lowest BCUT2D eigenvalue weighted by molar-refractivity contribution is 0.0153. The Morgan fingerprint density at radius 3 is 2.65 bits per heavy atom. The highest BCUT2D eigenvalue weighted by Gasteiger charge is 2.34. The molecule has 10 heteroatoms. The molecule has 43 heavy (non-hydrogen) atoms. The minimum Gasteiger partial charge on any atom is -0.485 e. The van der Waals surface area contributed by atoms with Crippen molar-refractivity contribution in [3.63, 3.8) is 0 Å². The van der Waals surface area contributed by atoms with Gasteiger partial charge in [-0.3, -0.25) is 4.40 Å². The Hall–Kier alpha value is -5.38. The van der Waals surface area contributed by atoms with Gasteiger partial charge in [0.25, 0.3) is 0 Å². The molecular weight excluding hydrogens is 547 g/mol. The van der Waals surface area contributed by atoms with E-state index < -0.39 is 18.4 Å². The third-order valence-electron chi connectivity index (χ3n) is 7.58. The number of aromatic nitrogens is 5. The first kappa shape index (κ1) is 26.5. The van der Waals surface area contributed by atoms with E-state index in [1.165, 1.54) is 11.2 Å². The number of piperidine rings is 1. The second kappa shape index (κ2) is 11.5. The Kier molecular flexibility index (Phi) is 7.08. The molecule has 0 saturated carbocycles. The van der Waals surface area contributed by atoms with Gasteiger partial charge in [-0.05, 0) is 35.4 Å². The van der Waals surface area contributed by atoms with Gasteiger partial charge in [0.05, 0.1) is 24.1 Å². The number of nitrogens with zero attached hydrogens (tertiary/aromatic N) is 6. The van der Waals surface area contributed by atoms with Crippen molar-refractivity contribution >= 4 is 22.6 Å². The van der Waals surface area contributed by atoms with Gasteiger partial charge in [-0.25, -0.2) is 29.1 Å². The lowest BCUT2D eigenvalue weighted by Crippen LogP contribution is -2.49. The summed E-state index contributed by atoms with van der Waals surface area (Å²) in [7, 11) is 0. The molecule has 0 unspecified atom stereocenters. The smallest absolute Gasteiger partial charge is 0.410 e. The van der Waals surface area contributed by atoms with Crippen LogP contribution in [0.25, 0.3) is 39.1 Å². The number of amides is 1. The van der Waals surface area contributed by atoms with Gasteiger partial charge in [0.15, 0.2) is 6.17 Å². The summed E-state index contributed by atoms with van der Waals surface area (Å²) in [4.78, 5) is 31.7. The molecule has 0 radical (unpaired) electrons. The zero-order valence-electron chi connectivity index (χ0n) is 23.1. The van der Waals surface area contributed by atoms with Gasteiger partial charge in [0, 0.05) is 42.5 Å². The van der Waals surface area contributed by atoms with E-state index in [1.54, 1.807) is 24.7 Å². The molecule has 1 amide bonds. The zero-order chi connectivity index (χ0) is 29.2. The van der Waals surface area contributed by atoms with Crippen LogP contribution in [0.1, 0.15) is 12.0 Å². The molecule has 1 fully saturated rings. The Morgan fingerprint density at radius 2 is 1.81 bits per heavy atom. The minimum atomic E-state index is -1.38. The van der Waals surface area contributed by atoms with Crippen molar-refractivity contribution in [3.05, 3.63) is 109 Å². The summed E-state index contributed by atoms with van der Waals surface area (Å²) in [5, 5.41) is 0.874. The van der Waals surface area contributed by atoms with Crippen LogP contribution in [0.3, 0.4) is 0 Å². The van der Waals surface area contributed by atoms with Crippen LogP contribution in [-0.2, 0) is 11.3 Å². The number of rotatable bonds is 6. The predicted octanol–water partition coefficient (Wildman–Crippen LogP) is 6.13. The molecule has 7 rings (SSSR count). The first-order valence-electron chi connectivity index (χ1n) is 14.0. The maximum absolute atomic E-state index is 15.3. The number of hydrogen-bond acceptors (Lipinski definition) is 7. The van der Waals surface area contributed by atoms with Crippen LogP contribution in [0.2, 0.25) is 0 Å². The highest BCUT2D eigenvalue weighted by Crippen LogP contribution is 2.31. The lowest BCUT2D eigenvalue weighted by Gasteiger charge is -2.34. The number of likely N-dealkylation sites (tertiary alicyclic amines) is 1. The highest BCUT2D eigenvalue weighted by molar-refractivity contribution is 5.86. The summed E-state index contributed by atoms with van der Waals surface area (Å²) >= 11 is 0. The number of alkyl halides is 1. The summed E-state index contributed by atoms with van der Waals surface area (Å²) in [5.41, 5.74) is 5.66. The van der Waals surface area contributed by atoms with Crippen molar-refractivity contribution in [2.45, 2.75) is 25.3 Å². The van der Waals surface area contributed by atoms with Gasteiger partial charge < -0.3 is 14.4 Å². The number of carbonyl (C=O) groups excluding carboxylic acids is 1. The molecule has 9 nitrogen and oxygen atoms in total. The van der Waals surface area contributed by atoms with Crippen LogP contribution in [0.5, 0.6) is 5.75 Å². The van der Waals surface area contributed by atoms with Crippen LogP contribution in [0.15, 0.2) is 104 Å². The number of fused-ring (bicyclic) bond motifs is 2. The van der Waals surface area contributed by atoms with Crippen LogP contribution in [-0.4, -0.2) is 60.7 Å². The Balaban J connectivity index is 1.08. The molecule has 0 bridgehead atoms. The molecule has 5 heterocycles. The van der Waals surface area contributed by atoms with Gasteiger partial charge in [-0.15, -0.1) is 0 Å². The fourth-order valence-electron chi connectivity index (χ4n) is 5.31. The van der Waals surface area contributed by atoms with Crippen LogP contribution in [0, 0.1) is 0 Å². The molecule has 2 aromatic carbocycles. The number of para-hydroxylation sites is 1. The molecule has 6 aromatic rings. The second-order valence-corrected chi connectivity index (χ2v) is 10.4. The normalized spacial score (nSPS) is 16.8. The maximum atomic E-state index is 15.3. The number of hydrogen-bond donors (Lipinski definition) is 0. The zero-order valence-corrected chi connectivity index (χ0v) is 23.1. The predicted molar refractivity (Wildman–Crippen MR) is 159 cm³/mol. The highest BCUT2D eigenvalue weighted by atomic mass is 19.1. The quantitative estimate of drug-likeness (QED) is 0.236. The van der Waals surface area contributed by atoms with Gasteiger partial charge in [0.1, 0.15) is 36.0 Å². The molecular formula is C33H27FN6O3. The van der Waals surface area contributed by atoms with E-state index in [-0.39, 0.29) is 13.2 Å². The van der Waals surface area contributed by atoms with E-state index in [1.807, 2.05) is 77.3 Å². The van der Waals surface area contributed by atoms with E-state index in [0.29, 0.717) is 29.9 Å².